The smallest absolute Gasteiger partial charge is 0.313 e. The zero-order chi connectivity index (χ0) is 34.4. The van der Waals surface area contributed by atoms with Crippen LogP contribution in [0.15, 0.2) is 79.9 Å². The lowest BCUT2D eigenvalue weighted by Gasteiger charge is -2.37. The van der Waals surface area contributed by atoms with Gasteiger partial charge in [-0.2, -0.15) is 0 Å². The predicted octanol–water partition coefficient (Wildman–Crippen LogP) is 4.75. The van der Waals surface area contributed by atoms with E-state index in [1.807, 2.05) is 18.2 Å². The standard InChI is InChI=1S/C36H41BrClN3O7/c1-3-5-17-28(43)39-22-27(23-13-7-6-8-14-23)47-35(46)29-30-33(44)41(19-11-12-20-42)32(36(30)21-24(37)31(29)48-36)34(45)40(18-4-2)26-16-10-9-15-25(26)38/h3-4,6-10,13-16,24,27,29-32,42H,1-2,5,11-12,17-22H2,(H,39,43)/t24?,27-,29-,30+,31-,32-,36+/m0/s1. The molecular formula is C36H41BrClN3O7. The van der Waals surface area contributed by atoms with Crippen molar-refractivity contribution in [2.75, 3.05) is 31.1 Å². The number of fused-ring (bicyclic) bond motifs is 1. The highest BCUT2D eigenvalue weighted by Gasteiger charge is 2.77. The van der Waals surface area contributed by atoms with E-state index >= 15 is 0 Å². The van der Waals surface area contributed by atoms with Crippen LogP contribution in [0.4, 0.5) is 5.69 Å². The molecule has 1 spiro atoms. The molecule has 12 heteroatoms. The number of aliphatic hydroxyl groups excluding tert-OH is 1. The predicted molar refractivity (Wildman–Crippen MR) is 185 cm³/mol. The molecule has 0 saturated carbocycles. The van der Waals surface area contributed by atoms with E-state index in [1.165, 1.54) is 9.80 Å². The number of allylic oxidation sites excluding steroid dienone is 1. The summed E-state index contributed by atoms with van der Waals surface area (Å²) in [5, 5.41) is 12.7. The van der Waals surface area contributed by atoms with E-state index in [-0.39, 0.29) is 49.3 Å². The Hall–Kier alpha value is -3.51. The molecular weight excluding hydrogens is 702 g/mol. The summed E-state index contributed by atoms with van der Waals surface area (Å²) in [6.07, 6.45) is 3.64. The second kappa shape index (κ2) is 15.8. The third-order valence-electron chi connectivity index (χ3n) is 9.31. The highest BCUT2D eigenvalue weighted by Crippen LogP contribution is 2.60. The molecule has 48 heavy (non-hydrogen) atoms. The summed E-state index contributed by atoms with van der Waals surface area (Å²) in [5.74, 6) is -3.62. The van der Waals surface area contributed by atoms with Gasteiger partial charge in [0, 0.05) is 30.9 Å². The largest absolute Gasteiger partial charge is 0.455 e. The van der Waals surface area contributed by atoms with Crippen molar-refractivity contribution in [1.82, 2.24) is 10.2 Å². The maximum atomic E-state index is 14.7. The van der Waals surface area contributed by atoms with Crippen molar-refractivity contribution in [2.24, 2.45) is 11.8 Å². The fraction of sp³-hybridized carbons (Fsp3) is 0.444. The highest BCUT2D eigenvalue weighted by molar-refractivity contribution is 9.09. The highest BCUT2D eigenvalue weighted by atomic mass is 79.9. The molecule has 256 valence electrons. The Labute approximate surface area is 294 Å². The average Bonchev–Trinajstić information content (AvgIpc) is 3.68. The second-order valence-electron chi connectivity index (χ2n) is 12.3. The molecule has 0 radical (unpaired) electrons. The number of alkyl halides is 1. The topological polar surface area (TPSA) is 125 Å². The number of hydrogen-bond acceptors (Lipinski definition) is 7. The van der Waals surface area contributed by atoms with Crippen molar-refractivity contribution in [1.29, 1.82) is 0 Å². The Kier molecular flexibility index (Phi) is 11.8. The summed E-state index contributed by atoms with van der Waals surface area (Å²) < 4.78 is 12.8. The molecule has 10 nitrogen and oxygen atoms in total. The number of likely N-dealkylation sites (tertiary alicyclic amines) is 1. The lowest BCUT2D eigenvalue weighted by atomic mass is 9.70. The number of nitrogens with zero attached hydrogens (tertiary/aromatic N) is 2. The molecule has 1 unspecified atom stereocenters. The Morgan fingerprint density at radius 3 is 2.56 bits per heavy atom. The van der Waals surface area contributed by atoms with Gasteiger partial charge in [0.1, 0.15) is 17.7 Å². The number of nitrogens with one attached hydrogen (secondary N) is 1. The normalized spacial score (nSPS) is 26.1. The zero-order valence-electron chi connectivity index (χ0n) is 26.6. The Balaban J connectivity index is 1.48. The maximum absolute atomic E-state index is 14.7. The number of rotatable bonds is 16. The van der Waals surface area contributed by atoms with Crippen LogP contribution in [-0.4, -0.2) is 82.5 Å². The quantitative estimate of drug-likeness (QED) is 0.110. The molecule has 7 atom stereocenters. The van der Waals surface area contributed by atoms with Crippen LogP contribution in [0.25, 0.3) is 0 Å². The van der Waals surface area contributed by atoms with Gasteiger partial charge in [-0.25, -0.2) is 0 Å². The van der Waals surface area contributed by atoms with Gasteiger partial charge in [0.2, 0.25) is 11.8 Å². The first kappa shape index (κ1) is 35.8. The minimum absolute atomic E-state index is 0.0359. The van der Waals surface area contributed by atoms with E-state index in [0.717, 1.165) is 0 Å². The molecule has 3 amide bonds. The van der Waals surface area contributed by atoms with Crippen LogP contribution in [0.1, 0.15) is 43.8 Å². The average molecular weight is 743 g/mol. The summed E-state index contributed by atoms with van der Waals surface area (Å²) in [4.78, 5) is 58.5. The minimum Gasteiger partial charge on any atom is -0.455 e. The zero-order valence-corrected chi connectivity index (χ0v) is 29.0. The van der Waals surface area contributed by atoms with Crippen molar-refractivity contribution in [3.8, 4) is 0 Å². The minimum atomic E-state index is -1.32. The maximum Gasteiger partial charge on any atom is 0.313 e. The van der Waals surface area contributed by atoms with Gasteiger partial charge in [-0.15, -0.1) is 13.2 Å². The van der Waals surface area contributed by atoms with Gasteiger partial charge in [0.25, 0.3) is 5.91 Å². The molecule has 2 N–H and O–H groups in total. The summed E-state index contributed by atoms with van der Waals surface area (Å²) in [6, 6.07) is 15.0. The van der Waals surface area contributed by atoms with Gasteiger partial charge in [0.05, 0.1) is 35.2 Å². The molecule has 3 saturated heterocycles. The summed E-state index contributed by atoms with van der Waals surface area (Å²) in [7, 11) is 0. The van der Waals surface area contributed by atoms with Crippen molar-refractivity contribution in [3.05, 3.63) is 90.5 Å². The first-order valence-corrected chi connectivity index (χ1v) is 17.5. The lowest BCUT2D eigenvalue weighted by Crippen LogP contribution is -2.57. The second-order valence-corrected chi connectivity index (χ2v) is 13.9. The number of halogens is 2. The molecule has 2 aromatic rings. The molecule has 0 aliphatic carbocycles. The van der Waals surface area contributed by atoms with Crippen LogP contribution in [0.5, 0.6) is 0 Å². The van der Waals surface area contributed by atoms with Crippen LogP contribution in [0, 0.1) is 11.8 Å². The number of esters is 1. The SMILES string of the molecule is C=CCCC(=O)NC[C@H](OC(=O)[C@@H]1[C@H]2O[C@@]3(CC2Br)[C@H](C(=O)N(CC=C)c2ccccc2Cl)N(CCCCO)C(=O)[C@@H]13)c1ccccc1. The number of anilines is 1. The van der Waals surface area contributed by atoms with Gasteiger partial charge in [-0.1, -0.05) is 82.1 Å². The van der Waals surface area contributed by atoms with Crippen LogP contribution in [-0.2, 0) is 28.7 Å². The van der Waals surface area contributed by atoms with Crippen molar-refractivity contribution in [3.63, 3.8) is 0 Å². The molecule has 3 heterocycles. The summed E-state index contributed by atoms with van der Waals surface area (Å²) in [5.41, 5.74) is -0.177. The monoisotopic (exact) mass is 741 g/mol. The molecule has 3 aliphatic heterocycles. The van der Waals surface area contributed by atoms with E-state index in [2.05, 4.69) is 34.4 Å². The number of ether oxygens (including phenoxy) is 2. The number of aliphatic hydroxyl groups is 1. The Bertz CT molecular complexity index is 1530. The number of unbranched alkanes of at least 4 members (excludes halogenated alkanes) is 1. The van der Waals surface area contributed by atoms with Crippen molar-refractivity contribution in [2.45, 2.75) is 60.8 Å². The molecule has 5 rings (SSSR count). The van der Waals surface area contributed by atoms with E-state index in [0.29, 0.717) is 42.0 Å². The number of carbonyl (C=O) groups excluding carboxylic acids is 4. The third-order valence-corrected chi connectivity index (χ3v) is 10.5. The van der Waals surface area contributed by atoms with E-state index in [9.17, 15) is 24.3 Å². The van der Waals surface area contributed by atoms with Crippen LogP contribution >= 0.6 is 27.5 Å². The number of amides is 3. The van der Waals surface area contributed by atoms with Crippen molar-refractivity contribution < 1.29 is 33.8 Å². The number of benzene rings is 2. The molecule has 3 aliphatic rings. The van der Waals surface area contributed by atoms with E-state index < -0.39 is 47.6 Å². The fourth-order valence-corrected chi connectivity index (χ4v) is 8.39. The van der Waals surface area contributed by atoms with Gasteiger partial charge in [-0.05, 0) is 43.4 Å². The van der Waals surface area contributed by atoms with Gasteiger partial charge in [-0.3, -0.25) is 19.2 Å². The van der Waals surface area contributed by atoms with Crippen LogP contribution in [0.2, 0.25) is 5.02 Å². The number of hydrogen-bond donors (Lipinski definition) is 2. The summed E-state index contributed by atoms with van der Waals surface area (Å²) in [6.45, 7) is 7.77. The Morgan fingerprint density at radius 2 is 1.88 bits per heavy atom. The lowest BCUT2D eigenvalue weighted by molar-refractivity contribution is -0.160. The van der Waals surface area contributed by atoms with Gasteiger partial charge < -0.3 is 29.7 Å². The number of para-hydroxylation sites is 1. The van der Waals surface area contributed by atoms with Gasteiger partial charge in [0.15, 0.2) is 0 Å². The third kappa shape index (κ3) is 6.96. The molecule has 2 aromatic carbocycles. The van der Waals surface area contributed by atoms with Gasteiger partial charge >= 0.3 is 5.97 Å². The first-order valence-electron chi connectivity index (χ1n) is 16.2. The van der Waals surface area contributed by atoms with Crippen LogP contribution in [0.3, 0.4) is 0 Å². The Morgan fingerprint density at radius 1 is 1.15 bits per heavy atom. The number of carbonyl (C=O) groups is 4. The molecule has 0 aromatic heterocycles. The molecule has 3 fully saturated rings. The molecule has 2 bridgehead atoms. The van der Waals surface area contributed by atoms with E-state index in [1.54, 1.807) is 48.6 Å². The van der Waals surface area contributed by atoms with Crippen LogP contribution < -0.4 is 10.2 Å². The fourth-order valence-electron chi connectivity index (χ4n) is 7.21. The van der Waals surface area contributed by atoms with Crippen molar-refractivity contribution >= 4 is 56.9 Å². The van der Waals surface area contributed by atoms with E-state index in [4.69, 9.17) is 21.1 Å². The summed E-state index contributed by atoms with van der Waals surface area (Å²) >= 11 is 10.3. The first-order chi connectivity index (χ1) is 23.2.